The summed E-state index contributed by atoms with van der Waals surface area (Å²) in [5, 5.41) is 0. The predicted molar refractivity (Wildman–Crippen MR) is 82.4 cm³/mol. The second-order valence-electron chi connectivity index (χ2n) is 4.78. The molecule has 0 unspecified atom stereocenters. The fraction of sp³-hybridized carbons (Fsp3) is 0.200. The molecule has 2 aromatic rings. The summed E-state index contributed by atoms with van der Waals surface area (Å²) in [5.41, 5.74) is 8.63. The van der Waals surface area contributed by atoms with Crippen LogP contribution in [-0.4, -0.2) is 15.5 Å². The quantitative estimate of drug-likeness (QED) is 0.884. The second-order valence-corrected chi connectivity index (χ2v) is 6.72. The van der Waals surface area contributed by atoms with E-state index in [-0.39, 0.29) is 0 Å². The summed E-state index contributed by atoms with van der Waals surface area (Å²) in [7, 11) is -2.04. The van der Waals surface area contributed by atoms with E-state index in [4.69, 9.17) is 5.73 Å². The molecule has 0 bridgehead atoms. The number of nitrogen functional groups attached to an aromatic ring is 1. The summed E-state index contributed by atoms with van der Waals surface area (Å²) < 4.78 is 26.5. The summed E-state index contributed by atoms with van der Waals surface area (Å²) in [6.07, 6.45) is 0. The van der Waals surface area contributed by atoms with Crippen molar-refractivity contribution in [2.24, 2.45) is 0 Å². The van der Waals surface area contributed by atoms with Crippen LogP contribution in [0.25, 0.3) is 0 Å². The number of nitrogens with two attached hydrogens (primary N) is 1. The van der Waals surface area contributed by atoms with Gasteiger partial charge in [0.15, 0.2) is 0 Å². The molecule has 0 aliphatic heterocycles. The van der Waals surface area contributed by atoms with E-state index >= 15 is 0 Å². The minimum Gasteiger partial charge on any atom is -0.398 e. The van der Waals surface area contributed by atoms with Gasteiger partial charge in [-0.25, -0.2) is 8.42 Å². The highest BCUT2D eigenvalue weighted by Gasteiger charge is 2.23. The summed E-state index contributed by atoms with van der Waals surface area (Å²) in [6.45, 7) is 3.67. The molecule has 5 heteroatoms. The van der Waals surface area contributed by atoms with Gasteiger partial charge in [-0.15, -0.1) is 0 Å². The molecule has 0 spiro atoms. The average molecular weight is 290 g/mol. The SMILES string of the molecule is Cc1ccc(N(C)S(=O)(=O)c2ccccc2C)cc1N. The van der Waals surface area contributed by atoms with E-state index in [1.54, 1.807) is 37.3 Å². The van der Waals surface area contributed by atoms with Gasteiger partial charge in [-0.3, -0.25) is 4.31 Å². The molecule has 0 saturated heterocycles. The molecule has 0 aliphatic rings. The fourth-order valence-electron chi connectivity index (χ4n) is 1.96. The number of aryl methyl sites for hydroxylation is 2. The standard InChI is InChI=1S/C15H18N2O2S/c1-11-8-9-13(10-14(11)16)17(3)20(18,19)15-7-5-4-6-12(15)2/h4-10H,16H2,1-3H3. The molecule has 2 aromatic carbocycles. The van der Waals surface area contributed by atoms with Crippen molar-refractivity contribution in [2.75, 3.05) is 17.1 Å². The Bertz CT molecular complexity index is 739. The third kappa shape index (κ3) is 2.49. The topological polar surface area (TPSA) is 63.4 Å². The highest BCUT2D eigenvalue weighted by atomic mass is 32.2. The molecule has 0 aromatic heterocycles. The van der Waals surface area contributed by atoms with E-state index in [1.165, 1.54) is 11.4 Å². The number of sulfonamides is 1. The predicted octanol–water partition coefficient (Wildman–Crippen LogP) is 2.71. The first kappa shape index (κ1) is 14.4. The highest BCUT2D eigenvalue weighted by Crippen LogP contribution is 2.26. The van der Waals surface area contributed by atoms with Crippen molar-refractivity contribution in [3.8, 4) is 0 Å². The number of anilines is 2. The molecular formula is C15H18N2O2S. The van der Waals surface area contributed by atoms with Crippen LogP contribution in [0.1, 0.15) is 11.1 Å². The van der Waals surface area contributed by atoms with E-state index in [2.05, 4.69) is 0 Å². The van der Waals surface area contributed by atoms with Crippen molar-refractivity contribution >= 4 is 21.4 Å². The van der Waals surface area contributed by atoms with Gasteiger partial charge in [-0.1, -0.05) is 24.3 Å². The largest absolute Gasteiger partial charge is 0.398 e. The van der Waals surface area contributed by atoms with Gasteiger partial charge >= 0.3 is 0 Å². The number of hydrogen-bond acceptors (Lipinski definition) is 3. The first-order valence-electron chi connectivity index (χ1n) is 6.24. The number of benzene rings is 2. The Morgan fingerprint density at radius 1 is 1.00 bits per heavy atom. The Hall–Kier alpha value is -2.01. The maximum atomic E-state index is 12.6. The molecule has 0 amide bonds. The zero-order valence-corrected chi connectivity index (χ0v) is 12.6. The smallest absolute Gasteiger partial charge is 0.264 e. The van der Waals surface area contributed by atoms with Gasteiger partial charge in [-0.05, 0) is 43.2 Å². The lowest BCUT2D eigenvalue weighted by atomic mass is 10.2. The molecular weight excluding hydrogens is 272 g/mol. The Labute approximate surface area is 119 Å². The number of nitrogens with zero attached hydrogens (tertiary/aromatic N) is 1. The van der Waals surface area contributed by atoms with Gasteiger partial charge < -0.3 is 5.73 Å². The monoisotopic (exact) mass is 290 g/mol. The zero-order valence-electron chi connectivity index (χ0n) is 11.8. The maximum absolute atomic E-state index is 12.6. The van der Waals surface area contributed by atoms with Crippen LogP contribution in [0.15, 0.2) is 47.4 Å². The van der Waals surface area contributed by atoms with Crippen LogP contribution in [-0.2, 0) is 10.0 Å². The molecule has 0 saturated carbocycles. The Morgan fingerprint density at radius 2 is 1.65 bits per heavy atom. The van der Waals surface area contributed by atoms with Crippen LogP contribution in [0.2, 0.25) is 0 Å². The third-order valence-electron chi connectivity index (χ3n) is 3.36. The van der Waals surface area contributed by atoms with Crippen LogP contribution in [0.5, 0.6) is 0 Å². The Balaban J connectivity index is 2.49. The lowest BCUT2D eigenvalue weighted by Gasteiger charge is -2.21. The molecule has 0 radical (unpaired) electrons. The van der Waals surface area contributed by atoms with Gasteiger partial charge in [0.2, 0.25) is 0 Å². The fourth-order valence-corrected chi connectivity index (χ4v) is 3.37. The first-order chi connectivity index (χ1) is 9.34. The van der Waals surface area contributed by atoms with E-state index in [9.17, 15) is 8.42 Å². The average Bonchev–Trinajstić information content (AvgIpc) is 2.41. The van der Waals surface area contributed by atoms with Gasteiger partial charge in [0.05, 0.1) is 10.6 Å². The molecule has 2 N–H and O–H groups in total. The van der Waals surface area contributed by atoms with Crippen molar-refractivity contribution in [2.45, 2.75) is 18.7 Å². The molecule has 0 aliphatic carbocycles. The van der Waals surface area contributed by atoms with E-state index < -0.39 is 10.0 Å². The number of rotatable bonds is 3. The van der Waals surface area contributed by atoms with Crippen LogP contribution < -0.4 is 10.0 Å². The third-order valence-corrected chi connectivity index (χ3v) is 5.30. The summed E-state index contributed by atoms with van der Waals surface area (Å²) >= 11 is 0. The molecule has 2 rings (SSSR count). The molecule has 0 fully saturated rings. The minimum atomic E-state index is -3.57. The van der Waals surface area contributed by atoms with Gasteiger partial charge in [0.1, 0.15) is 0 Å². The molecule has 20 heavy (non-hydrogen) atoms. The van der Waals surface area contributed by atoms with E-state index in [1.807, 2.05) is 19.1 Å². The van der Waals surface area contributed by atoms with Crippen LogP contribution in [0.4, 0.5) is 11.4 Å². The maximum Gasteiger partial charge on any atom is 0.264 e. The van der Waals surface area contributed by atoms with Crippen molar-refractivity contribution in [1.82, 2.24) is 0 Å². The van der Waals surface area contributed by atoms with Gasteiger partial charge in [0, 0.05) is 12.7 Å². The molecule has 4 nitrogen and oxygen atoms in total. The first-order valence-corrected chi connectivity index (χ1v) is 7.68. The minimum absolute atomic E-state index is 0.307. The lowest BCUT2D eigenvalue weighted by Crippen LogP contribution is -2.27. The van der Waals surface area contributed by atoms with Crippen molar-refractivity contribution in [3.05, 3.63) is 53.6 Å². The summed E-state index contributed by atoms with van der Waals surface area (Å²) in [5.74, 6) is 0. The molecule has 106 valence electrons. The van der Waals surface area contributed by atoms with Gasteiger partial charge in [-0.2, -0.15) is 0 Å². The Morgan fingerprint density at radius 3 is 2.25 bits per heavy atom. The van der Waals surface area contributed by atoms with Crippen molar-refractivity contribution in [3.63, 3.8) is 0 Å². The van der Waals surface area contributed by atoms with Crippen molar-refractivity contribution in [1.29, 1.82) is 0 Å². The molecule has 0 heterocycles. The number of hydrogen-bond donors (Lipinski definition) is 1. The Kier molecular flexibility index (Phi) is 3.72. The van der Waals surface area contributed by atoms with E-state index in [0.29, 0.717) is 16.3 Å². The van der Waals surface area contributed by atoms with Gasteiger partial charge in [0.25, 0.3) is 10.0 Å². The van der Waals surface area contributed by atoms with Crippen LogP contribution >= 0.6 is 0 Å². The zero-order chi connectivity index (χ0) is 14.9. The highest BCUT2D eigenvalue weighted by molar-refractivity contribution is 7.92. The summed E-state index contributed by atoms with van der Waals surface area (Å²) in [4.78, 5) is 0.307. The van der Waals surface area contributed by atoms with E-state index in [0.717, 1.165) is 11.1 Å². The van der Waals surface area contributed by atoms with Crippen molar-refractivity contribution < 1.29 is 8.42 Å². The summed E-state index contributed by atoms with van der Waals surface area (Å²) in [6, 6.07) is 12.2. The lowest BCUT2D eigenvalue weighted by molar-refractivity contribution is 0.594. The molecule has 0 atom stereocenters. The normalized spacial score (nSPS) is 11.3. The second kappa shape index (κ2) is 5.17. The van der Waals surface area contributed by atoms with Crippen LogP contribution in [0.3, 0.4) is 0 Å². The van der Waals surface area contributed by atoms with Crippen LogP contribution in [0, 0.1) is 13.8 Å².